The average Bonchev–Trinajstić information content (AvgIpc) is 3.35. The van der Waals surface area contributed by atoms with E-state index in [4.69, 9.17) is 4.74 Å². The molecule has 0 aliphatic rings. The SMILES string of the molecule is CCOc1ccc2nc(NC(=O)CSc3nnc(Cc4ccccc4)n3CC)sc2c1. The van der Waals surface area contributed by atoms with Gasteiger partial charge in [-0.05, 0) is 37.6 Å². The maximum atomic E-state index is 12.5. The molecule has 9 heteroatoms. The van der Waals surface area contributed by atoms with E-state index in [0.717, 1.165) is 33.5 Å². The van der Waals surface area contributed by atoms with Crippen LogP contribution in [0.2, 0.25) is 0 Å². The number of aromatic nitrogens is 4. The Hall–Kier alpha value is -2.91. The van der Waals surface area contributed by atoms with Crippen LogP contribution in [0.4, 0.5) is 5.13 Å². The van der Waals surface area contributed by atoms with Crippen molar-refractivity contribution in [2.24, 2.45) is 0 Å². The fourth-order valence-corrected chi connectivity index (χ4v) is 4.88. The second kappa shape index (κ2) is 9.93. The average molecular weight is 454 g/mol. The fourth-order valence-electron chi connectivity index (χ4n) is 3.15. The van der Waals surface area contributed by atoms with E-state index in [-0.39, 0.29) is 11.7 Å². The lowest BCUT2D eigenvalue weighted by Gasteiger charge is -2.07. The maximum Gasteiger partial charge on any atom is 0.236 e. The normalized spacial score (nSPS) is 11.0. The largest absolute Gasteiger partial charge is 0.494 e. The van der Waals surface area contributed by atoms with E-state index >= 15 is 0 Å². The second-order valence-electron chi connectivity index (χ2n) is 6.72. The summed E-state index contributed by atoms with van der Waals surface area (Å²) in [4.78, 5) is 17.0. The van der Waals surface area contributed by atoms with Crippen LogP contribution in [0, 0.1) is 0 Å². The summed E-state index contributed by atoms with van der Waals surface area (Å²) >= 11 is 2.82. The summed E-state index contributed by atoms with van der Waals surface area (Å²) in [7, 11) is 0. The Kier molecular flexibility index (Phi) is 6.83. The van der Waals surface area contributed by atoms with Gasteiger partial charge >= 0.3 is 0 Å². The van der Waals surface area contributed by atoms with Crippen LogP contribution >= 0.6 is 23.1 Å². The number of ether oxygens (including phenoxy) is 1. The molecule has 4 rings (SSSR count). The maximum absolute atomic E-state index is 12.5. The first-order chi connectivity index (χ1) is 15.2. The highest BCUT2D eigenvalue weighted by atomic mass is 32.2. The minimum atomic E-state index is -0.121. The molecule has 2 aromatic heterocycles. The predicted octanol–water partition coefficient (Wildman–Crippen LogP) is 4.63. The summed E-state index contributed by atoms with van der Waals surface area (Å²) < 4.78 is 8.56. The van der Waals surface area contributed by atoms with E-state index in [1.165, 1.54) is 28.7 Å². The molecule has 0 unspecified atom stereocenters. The highest BCUT2D eigenvalue weighted by Gasteiger charge is 2.15. The lowest BCUT2D eigenvalue weighted by Crippen LogP contribution is -2.14. The Morgan fingerprint density at radius 1 is 1.16 bits per heavy atom. The van der Waals surface area contributed by atoms with Gasteiger partial charge in [-0.25, -0.2) is 4.98 Å². The van der Waals surface area contributed by atoms with Crippen LogP contribution in [0.25, 0.3) is 10.2 Å². The quantitative estimate of drug-likeness (QED) is 0.372. The Morgan fingerprint density at radius 3 is 2.77 bits per heavy atom. The van der Waals surface area contributed by atoms with Crippen LogP contribution in [0.15, 0.2) is 53.7 Å². The molecular weight excluding hydrogens is 430 g/mol. The third-order valence-corrected chi connectivity index (χ3v) is 6.46. The fraction of sp³-hybridized carbons (Fsp3) is 0.273. The third kappa shape index (κ3) is 5.23. The van der Waals surface area contributed by atoms with E-state index in [1.807, 2.05) is 43.3 Å². The Morgan fingerprint density at radius 2 is 2.00 bits per heavy atom. The number of anilines is 1. The Labute approximate surface area is 188 Å². The van der Waals surface area contributed by atoms with Crippen molar-refractivity contribution in [3.05, 3.63) is 59.9 Å². The van der Waals surface area contributed by atoms with Crippen LogP contribution in [-0.2, 0) is 17.8 Å². The number of fused-ring (bicyclic) bond motifs is 1. The van der Waals surface area contributed by atoms with Crippen molar-refractivity contribution in [1.29, 1.82) is 0 Å². The minimum absolute atomic E-state index is 0.121. The van der Waals surface area contributed by atoms with Gasteiger partial charge in [0.15, 0.2) is 10.3 Å². The second-order valence-corrected chi connectivity index (χ2v) is 8.70. The number of rotatable bonds is 9. The molecule has 1 amide bonds. The summed E-state index contributed by atoms with van der Waals surface area (Å²) in [6.07, 6.45) is 0.712. The Balaban J connectivity index is 1.38. The number of hydrogen-bond acceptors (Lipinski definition) is 7. The van der Waals surface area contributed by atoms with E-state index in [1.54, 1.807) is 0 Å². The minimum Gasteiger partial charge on any atom is -0.494 e. The number of amides is 1. The van der Waals surface area contributed by atoms with Crippen molar-refractivity contribution >= 4 is 44.4 Å². The number of carbonyl (C=O) groups is 1. The molecule has 1 N–H and O–H groups in total. The number of carbonyl (C=O) groups excluding carboxylic acids is 1. The molecule has 0 aliphatic heterocycles. The van der Waals surface area contributed by atoms with Gasteiger partial charge < -0.3 is 14.6 Å². The number of benzene rings is 2. The van der Waals surface area contributed by atoms with Crippen LogP contribution in [0.3, 0.4) is 0 Å². The first kappa shape index (κ1) is 21.3. The van der Waals surface area contributed by atoms with Gasteiger partial charge in [0.1, 0.15) is 11.6 Å². The number of nitrogens with one attached hydrogen (secondary N) is 1. The van der Waals surface area contributed by atoms with Crippen molar-refractivity contribution in [3.8, 4) is 5.75 Å². The molecule has 4 aromatic rings. The smallest absolute Gasteiger partial charge is 0.236 e. The van der Waals surface area contributed by atoms with Crippen molar-refractivity contribution in [3.63, 3.8) is 0 Å². The van der Waals surface area contributed by atoms with Crippen molar-refractivity contribution in [1.82, 2.24) is 19.7 Å². The van der Waals surface area contributed by atoms with E-state index < -0.39 is 0 Å². The lowest BCUT2D eigenvalue weighted by molar-refractivity contribution is -0.113. The Bertz CT molecular complexity index is 1170. The van der Waals surface area contributed by atoms with Crippen LogP contribution < -0.4 is 10.1 Å². The first-order valence-corrected chi connectivity index (χ1v) is 11.9. The van der Waals surface area contributed by atoms with Crippen LogP contribution in [0.1, 0.15) is 25.2 Å². The van der Waals surface area contributed by atoms with Crippen LogP contribution in [0.5, 0.6) is 5.75 Å². The molecule has 160 valence electrons. The molecule has 0 saturated carbocycles. The molecule has 2 aromatic carbocycles. The lowest BCUT2D eigenvalue weighted by atomic mass is 10.1. The molecular formula is C22H23N5O2S2. The van der Waals surface area contributed by atoms with Gasteiger partial charge in [0.2, 0.25) is 5.91 Å². The zero-order chi connectivity index (χ0) is 21.6. The summed E-state index contributed by atoms with van der Waals surface area (Å²) in [5, 5.41) is 12.8. The molecule has 7 nitrogen and oxygen atoms in total. The number of hydrogen-bond donors (Lipinski definition) is 1. The van der Waals surface area contributed by atoms with Crippen LogP contribution in [-0.4, -0.2) is 38.0 Å². The molecule has 0 fully saturated rings. The zero-order valence-corrected chi connectivity index (χ0v) is 19.0. The van der Waals surface area contributed by atoms with E-state index in [9.17, 15) is 4.79 Å². The third-order valence-electron chi connectivity index (χ3n) is 4.56. The van der Waals surface area contributed by atoms with Gasteiger partial charge in [-0.1, -0.05) is 53.4 Å². The van der Waals surface area contributed by atoms with Gasteiger partial charge in [-0.2, -0.15) is 0 Å². The van der Waals surface area contributed by atoms with Gasteiger partial charge in [-0.15, -0.1) is 10.2 Å². The van der Waals surface area contributed by atoms with Crippen molar-refractivity contribution in [2.45, 2.75) is 32.0 Å². The summed E-state index contributed by atoms with van der Waals surface area (Å²) in [6.45, 7) is 5.36. The van der Waals surface area contributed by atoms with Gasteiger partial charge in [0.05, 0.1) is 22.6 Å². The predicted molar refractivity (Wildman–Crippen MR) is 125 cm³/mol. The summed E-state index contributed by atoms with van der Waals surface area (Å²) in [6, 6.07) is 15.9. The van der Waals surface area contributed by atoms with Crippen molar-refractivity contribution in [2.75, 3.05) is 17.7 Å². The molecule has 2 heterocycles. The molecule has 0 radical (unpaired) electrons. The highest BCUT2D eigenvalue weighted by Crippen LogP contribution is 2.29. The number of nitrogens with zero attached hydrogens (tertiary/aromatic N) is 4. The summed E-state index contributed by atoms with van der Waals surface area (Å²) in [5.74, 6) is 1.82. The molecule has 0 saturated heterocycles. The molecule has 31 heavy (non-hydrogen) atoms. The zero-order valence-electron chi connectivity index (χ0n) is 17.4. The molecule has 0 aliphatic carbocycles. The summed E-state index contributed by atoms with van der Waals surface area (Å²) in [5.41, 5.74) is 2.02. The first-order valence-electron chi connectivity index (χ1n) is 10.1. The molecule has 0 atom stereocenters. The molecule has 0 bridgehead atoms. The highest BCUT2D eigenvalue weighted by molar-refractivity contribution is 7.99. The van der Waals surface area contributed by atoms with Gasteiger partial charge in [0, 0.05) is 13.0 Å². The van der Waals surface area contributed by atoms with Gasteiger partial charge in [0.25, 0.3) is 0 Å². The topological polar surface area (TPSA) is 81.9 Å². The standard InChI is InChI=1S/C22H23N5O2S2/c1-3-27-19(12-15-8-6-5-7-9-15)25-26-22(27)30-14-20(28)24-21-23-17-11-10-16(29-4-2)13-18(17)31-21/h5-11,13H,3-4,12,14H2,1-2H3,(H,23,24,28). The van der Waals surface area contributed by atoms with Gasteiger partial charge in [-0.3, -0.25) is 4.79 Å². The monoisotopic (exact) mass is 453 g/mol. The van der Waals surface area contributed by atoms with E-state index in [0.29, 0.717) is 18.2 Å². The van der Waals surface area contributed by atoms with E-state index in [2.05, 4.69) is 44.1 Å². The number of thiazole rings is 1. The number of thioether (sulfide) groups is 1. The van der Waals surface area contributed by atoms with Crippen molar-refractivity contribution < 1.29 is 9.53 Å². The molecule has 0 spiro atoms.